The summed E-state index contributed by atoms with van der Waals surface area (Å²) >= 11 is 0. The Kier molecular flexibility index (Phi) is 8.42. The molecule has 0 amide bonds. The van der Waals surface area contributed by atoms with Crippen molar-refractivity contribution >= 4 is 43.6 Å². The Bertz CT molecular complexity index is 3370. The number of nitrogens with zero attached hydrogens (tertiary/aromatic N) is 5. The highest BCUT2D eigenvalue weighted by Crippen LogP contribution is 2.39. The van der Waals surface area contributed by atoms with E-state index in [1.54, 1.807) is 0 Å². The van der Waals surface area contributed by atoms with Gasteiger partial charge in [0.05, 0.1) is 33.5 Å². The SMILES string of the molecule is c1ccc(-c2nc(-c3ccc(-c4ccc(-c5ccncc5)cc4)cc3)cc(-c3cc(-n4c5ccccc5c5ccccc54)cc(-n4c5ccccc5c5ccccc54)c3)n2)cc1. The molecule has 62 heavy (non-hydrogen) atoms. The highest BCUT2D eigenvalue weighted by atomic mass is 15.0. The van der Waals surface area contributed by atoms with Gasteiger partial charge in [-0.3, -0.25) is 4.98 Å². The van der Waals surface area contributed by atoms with Crippen LogP contribution in [0.25, 0.3) is 111 Å². The van der Waals surface area contributed by atoms with E-state index in [2.05, 4.69) is 196 Å². The standard InChI is InChI=1S/C57H37N5/c1-2-12-43(13-3-1)57-59-51(42-28-26-39(27-29-42)38-22-24-40(25-23-38)41-30-32-58-33-31-41)37-52(60-57)44-34-45(61-53-18-8-4-14-47(53)48-15-5-9-19-54(48)61)36-46(35-44)62-55-20-10-6-16-49(55)50-17-7-11-21-56(50)62/h1-37H. The minimum absolute atomic E-state index is 0.676. The molecule has 12 rings (SSSR count). The van der Waals surface area contributed by atoms with Gasteiger partial charge in [-0.05, 0) is 82.9 Å². The summed E-state index contributed by atoms with van der Waals surface area (Å²) in [7, 11) is 0. The Morgan fingerprint density at radius 2 is 0.645 bits per heavy atom. The molecule has 0 unspecified atom stereocenters. The molecular formula is C57H37N5. The van der Waals surface area contributed by atoms with Crippen molar-refractivity contribution in [3.05, 3.63) is 225 Å². The van der Waals surface area contributed by atoms with Crippen molar-refractivity contribution in [2.75, 3.05) is 0 Å². The maximum atomic E-state index is 5.36. The van der Waals surface area contributed by atoms with E-state index in [1.807, 2.05) is 42.7 Å². The maximum absolute atomic E-state index is 5.36. The van der Waals surface area contributed by atoms with Gasteiger partial charge in [0.2, 0.25) is 0 Å². The third-order valence-electron chi connectivity index (χ3n) is 12.0. The number of hydrogen-bond donors (Lipinski definition) is 0. The summed E-state index contributed by atoms with van der Waals surface area (Å²) < 4.78 is 4.79. The molecule has 0 aliphatic heterocycles. The highest BCUT2D eigenvalue weighted by molar-refractivity contribution is 6.10. The van der Waals surface area contributed by atoms with Crippen molar-refractivity contribution in [2.45, 2.75) is 0 Å². The normalized spacial score (nSPS) is 11.5. The van der Waals surface area contributed by atoms with E-state index in [0.717, 1.165) is 78.2 Å². The number of pyridine rings is 1. The fourth-order valence-corrected chi connectivity index (χ4v) is 9.09. The van der Waals surface area contributed by atoms with Gasteiger partial charge in [0, 0.05) is 62.0 Å². The van der Waals surface area contributed by atoms with Crippen LogP contribution in [0.3, 0.4) is 0 Å². The number of rotatable bonds is 7. The zero-order chi connectivity index (χ0) is 41.0. The second-order valence-electron chi connectivity index (χ2n) is 15.7. The summed E-state index contributed by atoms with van der Waals surface area (Å²) in [6.45, 7) is 0. The monoisotopic (exact) mass is 791 g/mol. The first-order valence-electron chi connectivity index (χ1n) is 20.9. The van der Waals surface area contributed by atoms with Crippen LogP contribution in [0, 0.1) is 0 Å². The van der Waals surface area contributed by atoms with Crippen molar-refractivity contribution in [3.63, 3.8) is 0 Å². The molecule has 0 atom stereocenters. The van der Waals surface area contributed by atoms with Crippen molar-refractivity contribution in [2.24, 2.45) is 0 Å². The quantitative estimate of drug-likeness (QED) is 0.162. The number of fused-ring (bicyclic) bond motifs is 6. The van der Waals surface area contributed by atoms with Crippen LogP contribution in [0.5, 0.6) is 0 Å². The Labute approximate surface area is 358 Å². The lowest BCUT2D eigenvalue weighted by atomic mass is 9.99. The molecule has 0 aliphatic carbocycles. The maximum Gasteiger partial charge on any atom is 0.160 e. The van der Waals surface area contributed by atoms with Crippen LogP contribution >= 0.6 is 0 Å². The van der Waals surface area contributed by atoms with E-state index in [9.17, 15) is 0 Å². The molecule has 5 heteroatoms. The van der Waals surface area contributed by atoms with Crippen LogP contribution in [0.4, 0.5) is 0 Å². The third kappa shape index (κ3) is 6.06. The van der Waals surface area contributed by atoms with Gasteiger partial charge < -0.3 is 9.13 Å². The topological polar surface area (TPSA) is 48.5 Å². The van der Waals surface area contributed by atoms with Crippen molar-refractivity contribution in [3.8, 4) is 67.5 Å². The molecule has 0 radical (unpaired) electrons. The van der Waals surface area contributed by atoms with Gasteiger partial charge in [0.25, 0.3) is 0 Å². The molecule has 0 spiro atoms. The lowest BCUT2D eigenvalue weighted by Gasteiger charge is -2.16. The Hall–Kier alpha value is -8.41. The van der Waals surface area contributed by atoms with Gasteiger partial charge in [0.1, 0.15) is 0 Å². The van der Waals surface area contributed by atoms with E-state index in [1.165, 1.54) is 27.1 Å². The van der Waals surface area contributed by atoms with Gasteiger partial charge in [-0.25, -0.2) is 9.97 Å². The molecule has 0 fully saturated rings. The molecule has 5 nitrogen and oxygen atoms in total. The molecule has 8 aromatic carbocycles. The lowest BCUT2D eigenvalue weighted by molar-refractivity contribution is 1.13. The first-order chi connectivity index (χ1) is 30.7. The van der Waals surface area contributed by atoms with Crippen LogP contribution in [0.1, 0.15) is 0 Å². The van der Waals surface area contributed by atoms with Crippen molar-refractivity contribution in [1.29, 1.82) is 0 Å². The zero-order valence-corrected chi connectivity index (χ0v) is 33.6. The van der Waals surface area contributed by atoms with E-state index < -0.39 is 0 Å². The molecule has 0 N–H and O–H groups in total. The van der Waals surface area contributed by atoms with Crippen LogP contribution in [0.15, 0.2) is 225 Å². The zero-order valence-electron chi connectivity index (χ0n) is 33.6. The van der Waals surface area contributed by atoms with Gasteiger partial charge in [-0.15, -0.1) is 0 Å². The number of benzene rings is 8. The first kappa shape index (κ1) is 35.5. The average Bonchev–Trinajstić information content (AvgIpc) is 3.88. The Balaban J connectivity index is 1.06. The predicted molar refractivity (Wildman–Crippen MR) is 256 cm³/mol. The summed E-state index contributed by atoms with van der Waals surface area (Å²) in [5.41, 5.74) is 16.0. The van der Waals surface area contributed by atoms with E-state index in [-0.39, 0.29) is 0 Å². The predicted octanol–water partition coefficient (Wildman–Crippen LogP) is 14.4. The molecule has 0 saturated heterocycles. The first-order valence-corrected chi connectivity index (χ1v) is 20.9. The Morgan fingerprint density at radius 1 is 0.274 bits per heavy atom. The number of para-hydroxylation sites is 4. The van der Waals surface area contributed by atoms with Crippen LogP contribution in [-0.4, -0.2) is 24.1 Å². The summed E-state index contributed by atoms with van der Waals surface area (Å²) in [5, 5.41) is 4.87. The molecule has 0 bridgehead atoms. The van der Waals surface area contributed by atoms with Gasteiger partial charge in [-0.2, -0.15) is 0 Å². The van der Waals surface area contributed by atoms with E-state index >= 15 is 0 Å². The summed E-state index contributed by atoms with van der Waals surface area (Å²) in [4.78, 5) is 14.8. The second-order valence-corrected chi connectivity index (χ2v) is 15.7. The van der Waals surface area contributed by atoms with Crippen LogP contribution in [-0.2, 0) is 0 Å². The van der Waals surface area contributed by atoms with Crippen molar-refractivity contribution < 1.29 is 0 Å². The third-order valence-corrected chi connectivity index (χ3v) is 12.0. The molecule has 12 aromatic rings. The van der Waals surface area contributed by atoms with Crippen molar-refractivity contribution in [1.82, 2.24) is 24.1 Å². The molecule has 0 saturated carbocycles. The van der Waals surface area contributed by atoms with Crippen LogP contribution < -0.4 is 0 Å². The number of aromatic nitrogens is 5. The molecule has 4 aromatic heterocycles. The minimum atomic E-state index is 0.676. The fraction of sp³-hybridized carbons (Fsp3) is 0. The summed E-state index contributed by atoms with van der Waals surface area (Å²) in [5.74, 6) is 0.676. The smallest absolute Gasteiger partial charge is 0.160 e. The molecule has 290 valence electrons. The fourth-order valence-electron chi connectivity index (χ4n) is 9.09. The summed E-state index contributed by atoms with van der Waals surface area (Å²) in [6, 6.07) is 75.6. The largest absolute Gasteiger partial charge is 0.309 e. The lowest BCUT2D eigenvalue weighted by Crippen LogP contribution is -2.01. The Morgan fingerprint density at radius 3 is 1.10 bits per heavy atom. The summed E-state index contributed by atoms with van der Waals surface area (Å²) in [6.07, 6.45) is 3.66. The highest BCUT2D eigenvalue weighted by Gasteiger charge is 2.19. The average molecular weight is 792 g/mol. The van der Waals surface area contributed by atoms with E-state index in [4.69, 9.17) is 9.97 Å². The van der Waals surface area contributed by atoms with Gasteiger partial charge in [0.15, 0.2) is 5.82 Å². The number of hydrogen-bond acceptors (Lipinski definition) is 3. The van der Waals surface area contributed by atoms with Gasteiger partial charge >= 0.3 is 0 Å². The minimum Gasteiger partial charge on any atom is -0.309 e. The molecular weight excluding hydrogens is 755 g/mol. The molecule has 4 heterocycles. The van der Waals surface area contributed by atoms with E-state index in [0.29, 0.717) is 5.82 Å². The van der Waals surface area contributed by atoms with Gasteiger partial charge in [-0.1, -0.05) is 152 Å². The molecule has 0 aliphatic rings. The van der Waals surface area contributed by atoms with Crippen LogP contribution in [0.2, 0.25) is 0 Å². The second kappa shape index (κ2) is 14.7.